The molecule has 0 bridgehead atoms. The van der Waals surface area contributed by atoms with Gasteiger partial charge in [-0.2, -0.15) is 0 Å². The molecule has 1 aliphatic heterocycles. The monoisotopic (exact) mass is 278 g/mol. The van der Waals surface area contributed by atoms with E-state index < -0.39 is 10.0 Å². The molecule has 0 aromatic carbocycles. The Morgan fingerprint density at radius 2 is 2.28 bits per heavy atom. The first-order valence-corrected chi connectivity index (χ1v) is 7.93. The van der Waals surface area contributed by atoms with E-state index in [2.05, 4.69) is 14.8 Å². The third-order valence-corrected chi connectivity index (χ3v) is 4.53. The van der Waals surface area contributed by atoms with Crippen LogP contribution in [0, 0.1) is 5.92 Å². The van der Waals surface area contributed by atoms with Crippen LogP contribution in [0.15, 0.2) is 0 Å². The summed E-state index contributed by atoms with van der Waals surface area (Å²) in [6.07, 6.45) is 2.42. The summed E-state index contributed by atoms with van der Waals surface area (Å²) < 4.78 is 30.2. The summed E-state index contributed by atoms with van der Waals surface area (Å²) in [5.74, 6) is 0.176. The van der Waals surface area contributed by atoms with Crippen LogP contribution in [0.25, 0.3) is 0 Å². The fraction of sp³-hybridized carbons (Fsp3) is 0.909. The maximum atomic E-state index is 11.6. The van der Waals surface area contributed by atoms with Gasteiger partial charge in [0.25, 0.3) is 0 Å². The molecule has 1 unspecified atom stereocenters. The number of carbonyl (C=O) groups is 1. The summed E-state index contributed by atoms with van der Waals surface area (Å²) in [4.78, 5) is 10.8. The molecule has 0 saturated carbocycles. The van der Waals surface area contributed by atoms with E-state index in [1.54, 1.807) is 0 Å². The molecule has 0 aliphatic carbocycles. The minimum Gasteiger partial charge on any atom is -0.469 e. The van der Waals surface area contributed by atoms with E-state index in [9.17, 15) is 13.2 Å². The summed E-state index contributed by atoms with van der Waals surface area (Å²) in [6, 6.07) is 0. The molecular formula is C11H22N2O4S. The van der Waals surface area contributed by atoms with E-state index in [-0.39, 0.29) is 18.1 Å². The largest absolute Gasteiger partial charge is 0.469 e. The number of hydrogen-bond acceptors (Lipinski definition) is 5. The molecule has 0 aromatic rings. The lowest BCUT2D eigenvalue weighted by Gasteiger charge is -2.09. The molecule has 2 N–H and O–H groups in total. The maximum absolute atomic E-state index is 11.6. The van der Waals surface area contributed by atoms with E-state index in [1.165, 1.54) is 7.11 Å². The van der Waals surface area contributed by atoms with Gasteiger partial charge >= 0.3 is 5.97 Å². The van der Waals surface area contributed by atoms with Gasteiger partial charge in [0.15, 0.2) is 0 Å². The van der Waals surface area contributed by atoms with Crippen molar-refractivity contribution >= 4 is 16.0 Å². The van der Waals surface area contributed by atoms with Crippen molar-refractivity contribution in [3.63, 3.8) is 0 Å². The molecule has 1 saturated heterocycles. The van der Waals surface area contributed by atoms with Gasteiger partial charge in [0.1, 0.15) is 0 Å². The van der Waals surface area contributed by atoms with Crippen molar-refractivity contribution in [1.82, 2.24) is 10.0 Å². The second-order valence-electron chi connectivity index (χ2n) is 4.54. The molecule has 1 rings (SSSR count). The molecule has 6 nitrogen and oxygen atoms in total. The zero-order valence-electron chi connectivity index (χ0n) is 10.8. The topological polar surface area (TPSA) is 84.5 Å². The highest BCUT2D eigenvalue weighted by atomic mass is 32.2. The quantitative estimate of drug-likeness (QED) is 0.604. The fourth-order valence-corrected chi connectivity index (χ4v) is 3.06. The molecule has 0 amide bonds. The van der Waals surface area contributed by atoms with Crippen LogP contribution in [0.4, 0.5) is 0 Å². The summed E-state index contributed by atoms with van der Waals surface area (Å²) in [5.41, 5.74) is 0. The van der Waals surface area contributed by atoms with E-state index in [1.807, 2.05) is 0 Å². The number of sulfonamides is 1. The third kappa shape index (κ3) is 6.32. The third-order valence-electron chi connectivity index (χ3n) is 3.06. The molecule has 0 aromatic heterocycles. The summed E-state index contributed by atoms with van der Waals surface area (Å²) in [5, 5.41) is 3.24. The smallest absolute Gasteiger partial charge is 0.305 e. The van der Waals surface area contributed by atoms with Crippen molar-refractivity contribution in [1.29, 1.82) is 0 Å². The van der Waals surface area contributed by atoms with Gasteiger partial charge < -0.3 is 10.1 Å². The lowest BCUT2D eigenvalue weighted by atomic mass is 10.1. The fourth-order valence-electron chi connectivity index (χ4n) is 1.96. The van der Waals surface area contributed by atoms with Crippen LogP contribution < -0.4 is 10.0 Å². The first-order valence-electron chi connectivity index (χ1n) is 6.28. The lowest BCUT2D eigenvalue weighted by molar-refractivity contribution is -0.140. The summed E-state index contributed by atoms with van der Waals surface area (Å²) in [6.45, 7) is 2.48. The summed E-state index contributed by atoms with van der Waals surface area (Å²) in [7, 11) is -1.96. The van der Waals surface area contributed by atoms with Crippen LogP contribution in [-0.2, 0) is 19.6 Å². The molecular weight excluding hydrogens is 256 g/mol. The Labute approximate surface area is 109 Å². The number of methoxy groups -OCH3 is 1. The first kappa shape index (κ1) is 15.4. The molecule has 1 fully saturated rings. The number of rotatable bonds is 8. The zero-order chi connectivity index (χ0) is 13.4. The second-order valence-corrected chi connectivity index (χ2v) is 6.47. The maximum Gasteiger partial charge on any atom is 0.305 e. The predicted octanol–water partition coefficient (Wildman–Crippen LogP) is -0.141. The van der Waals surface area contributed by atoms with E-state index in [0.717, 1.165) is 25.9 Å². The highest BCUT2D eigenvalue weighted by Crippen LogP contribution is 2.11. The second kappa shape index (κ2) is 7.70. The molecule has 1 atom stereocenters. The minimum absolute atomic E-state index is 0.0228. The van der Waals surface area contributed by atoms with Gasteiger partial charge in [0.2, 0.25) is 10.0 Å². The van der Waals surface area contributed by atoms with Crippen LogP contribution in [0.1, 0.15) is 25.7 Å². The van der Waals surface area contributed by atoms with Crippen molar-refractivity contribution in [2.24, 2.45) is 5.92 Å². The lowest BCUT2D eigenvalue weighted by Crippen LogP contribution is -2.29. The van der Waals surface area contributed by atoms with Gasteiger partial charge in [-0.3, -0.25) is 4.79 Å². The molecule has 1 aliphatic rings. The molecule has 106 valence electrons. The number of carbonyl (C=O) groups excluding carboxylic acids is 1. The predicted molar refractivity (Wildman–Crippen MR) is 68.6 cm³/mol. The Bertz CT molecular complexity index is 350. The van der Waals surface area contributed by atoms with Gasteiger partial charge in [-0.05, 0) is 38.3 Å². The van der Waals surface area contributed by atoms with Crippen LogP contribution in [0.2, 0.25) is 0 Å². The number of ether oxygens (including phenoxy) is 1. The normalized spacial score (nSPS) is 19.9. The van der Waals surface area contributed by atoms with E-state index in [4.69, 9.17) is 0 Å². The number of nitrogens with one attached hydrogen (secondary N) is 2. The van der Waals surface area contributed by atoms with Gasteiger partial charge in [-0.25, -0.2) is 13.1 Å². The van der Waals surface area contributed by atoms with Crippen molar-refractivity contribution in [3.05, 3.63) is 0 Å². The molecule has 0 radical (unpaired) electrons. The van der Waals surface area contributed by atoms with E-state index >= 15 is 0 Å². The number of hydrogen-bond donors (Lipinski definition) is 2. The van der Waals surface area contributed by atoms with Crippen molar-refractivity contribution in [3.8, 4) is 0 Å². The van der Waals surface area contributed by atoms with Gasteiger partial charge in [-0.1, -0.05) is 0 Å². The Hall–Kier alpha value is -0.660. The zero-order valence-corrected chi connectivity index (χ0v) is 11.6. The van der Waals surface area contributed by atoms with Crippen molar-refractivity contribution < 1.29 is 17.9 Å². The average Bonchev–Trinajstić information content (AvgIpc) is 2.81. The van der Waals surface area contributed by atoms with Crippen LogP contribution in [0.5, 0.6) is 0 Å². The Balaban J connectivity index is 2.12. The van der Waals surface area contributed by atoms with Crippen LogP contribution >= 0.6 is 0 Å². The Kier molecular flexibility index (Phi) is 6.59. The van der Waals surface area contributed by atoms with Crippen LogP contribution in [-0.4, -0.2) is 46.9 Å². The Morgan fingerprint density at radius 1 is 1.50 bits per heavy atom. The molecule has 1 heterocycles. The molecule has 18 heavy (non-hydrogen) atoms. The van der Waals surface area contributed by atoms with Crippen LogP contribution in [0.3, 0.4) is 0 Å². The highest BCUT2D eigenvalue weighted by Gasteiger charge is 2.16. The minimum atomic E-state index is -3.26. The summed E-state index contributed by atoms with van der Waals surface area (Å²) >= 11 is 0. The van der Waals surface area contributed by atoms with Gasteiger partial charge in [0, 0.05) is 13.0 Å². The van der Waals surface area contributed by atoms with Gasteiger partial charge in [-0.15, -0.1) is 0 Å². The first-order chi connectivity index (χ1) is 8.53. The van der Waals surface area contributed by atoms with E-state index in [0.29, 0.717) is 18.9 Å². The number of esters is 1. The Morgan fingerprint density at radius 3 is 2.89 bits per heavy atom. The molecule has 0 spiro atoms. The standard InChI is InChI=1S/C11H22N2O4S/c1-17-11(14)3-2-8-18(15,16)13-7-5-10-4-6-12-9-10/h10,12-13H,2-9H2,1H3. The van der Waals surface area contributed by atoms with Crippen molar-refractivity contribution in [2.45, 2.75) is 25.7 Å². The van der Waals surface area contributed by atoms with Gasteiger partial charge in [0.05, 0.1) is 12.9 Å². The van der Waals surface area contributed by atoms with Crippen molar-refractivity contribution in [2.75, 3.05) is 32.5 Å². The molecule has 7 heteroatoms. The average molecular weight is 278 g/mol. The highest BCUT2D eigenvalue weighted by molar-refractivity contribution is 7.89. The SMILES string of the molecule is COC(=O)CCCS(=O)(=O)NCCC1CCNC1.